The number of esters is 3. The number of aromatic nitrogens is 1. The summed E-state index contributed by atoms with van der Waals surface area (Å²) in [5.41, 5.74) is 1.09. The molecular weight excluding hydrogens is 364 g/mol. The van der Waals surface area contributed by atoms with E-state index in [2.05, 4.69) is 10.3 Å². The summed E-state index contributed by atoms with van der Waals surface area (Å²) in [6.45, 7) is 7.05. The van der Waals surface area contributed by atoms with Gasteiger partial charge in [0.25, 0.3) is 0 Å². The van der Waals surface area contributed by atoms with E-state index in [1.165, 1.54) is 6.20 Å². The van der Waals surface area contributed by atoms with Crippen LogP contribution in [-0.2, 0) is 28.6 Å². The van der Waals surface area contributed by atoms with Crippen molar-refractivity contribution < 1.29 is 28.6 Å². The number of ether oxygens (including phenoxy) is 3. The van der Waals surface area contributed by atoms with Gasteiger partial charge in [0.2, 0.25) is 0 Å². The number of rotatable bonds is 7. The van der Waals surface area contributed by atoms with Crippen LogP contribution in [0.25, 0.3) is 0 Å². The summed E-state index contributed by atoms with van der Waals surface area (Å²) in [7, 11) is 0. The summed E-state index contributed by atoms with van der Waals surface area (Å²) < 4.78 is 15.5. The summed E-state index contributed by atoms with van der Waals surface area (Å²) in [5, 5.41) is 2.84. The van der Waals surface area contributed by atoms with Crippen LogP contribution in [0.15, 0.2) is 47.1 Å². The predicted octanol–water partition coefficient (Wildman–Crippen LogP) is 1.99. The first-order chi connectivity index (χ1) is 13.5. The van der Waals surface area contributed by atoms with Crippen LogP contribution in [-0.4, -0.2) is 42.7 Å². The van der Waals surface area contributed by atoms with Gasteiger partial charge < -0.3 is 19.5 Å². The van der Waals surface area contributed by atoms with Gasteiger partial charge in [0.05, 0.1) is 36.9 Å². The lowest BCUT2D eigenvalue weighted by Gasteiger charge is -2.30. The molecule has 1 N–H and O–H groups in total. The van der Waals surface area contributed by atoms with Gasteiger partial charge in [0.15, 0.2) is 0 Å². The van der Waals surface area contributed by atoms with Crippen LogP contribution >= 0.6 is 0 Å². The lowest BCUT2D eigenvalue weighted by atomic mass is 9.80. The molecule has 8 heteroatoms. The molecule has 1 aliphatic rings. The fourth-order valence-corrected chi connectivity index (χ4v) is 2.98. The van der Waals surface area contributed by atoms with Crippen molar-refractivity contribution in [3.05, 3.63) is 52.6 Å². The molecule has 2 heterocycles. The first kappa shape index (κ1) is 21.1. The van der Waals surface area contributed by atoms with E-state index in [4.69, 9.17) is 14.2 Å². The van der Waals surface area contributed by atoms with E-state index in [-0.39, 0.29) is 36.7 Å². The summed E-state index contributed by atoms with van der Waals surface area (Å²) in [5.74, 6) is -2.90. The molecule has 1 aliphatic heterocycles. The molecule has 0 aliphatic carbocycles. The molecule has 1 aromatic rings. The smallest absolute Gasteiger partial charge is 0.355 e. The minimum Gasteiger partial charge on any atom is -0.463 e. The topological polar surface area (TPSA) is 104 Å². The second-order valence-corrected chi connectivity index (χ2v) is 5.83. The third-order valence-corrected chi connectivity index (χ3v) is 4.05. The van der Waals surface area contributed by atoms with E-state index in [0.29, 0.717) is 11.3 Å². The van der Waals surface area contributed by atoms with Gasteiger partial charge in [0, 0.05) is 18.1 Å². The Morgan fingerprint density at radius 1 is 0.964 bits per heavy atom. The first-order valence-electron chi connectivity index (χ1n) is 9.09. The zero-order chi connectivity index (χ0) is 20.7. The van der Waals surface area contributed by atoms with E-state index >= 15 is 0 Å². The molecule has 0 aromatic carbocycles. The van der Waals surface area contributed by atoms with Gasteiger partial charge in [-0.25, -0.2) is 14.4 Å². The molecule has 1 atom stereocenters. The van der Waals surface area contributed by atoms with Crippen molar-refractivity contribution >= 4 is 17.9 Å². The second-order valence-electron chi connectivity index (χ2n) is 5.83. The summed E-state index contributed by atoms with van der Waals surface area (Å²) in [4.78, 5) is 42.1. The van der Waals surface area contributed by atoms with E-state index in [1.54, 1.807) is 46.0 Å². The Morgan fingerprint density at radius 2 is 1.54 bits per heavy atom. The maximum atomic E-state index is 12.8. The zero-order valence-electron chi connectivity index (χ0n) is 16.4. The third-order valence-electron chi connectivity index (χ3n) is 4.05. The SMILES string of the molecule is CCOC(=O)C1=C(C(=O)OCC)C(c2cccnc2)C(C(=O)OCC)=C(C)N1. The minimum atomic E-state index is -0.882. The number of allylic oxidation sites excluding steroid dienone is 1. The highest BCUT2D eigenvalue weighted by Gasteiger charge is 2.41. The molecule has 150 valence electrons. The summed E-state index contributed by atoms with van der Waals surface area (Å²) in [6, 6.07) is 3.40. The van der Waals surface area contributed by atoms with Crippen LogP contribution in [0.3, 0.4) is 0 Å². The molecule has 1 unspecified atom stereocenters. The highest BCUT2D eigenvalue weighted by atomic mass is 16.5. The van der Waals surface area contributed by atoms with Gasteiger partial charge in [0.1, 0.15) is 5.70 Å². The number of carbonyl (C=O) groups excluding carboxylic acids is 3. The van der Waals surface area contributed by atoms with Gasteiger partial charge in [-0.1, -0.05) is 6.07 Å². The van der Waals surface area contributed by atoms with Crippen molar-refractivity contribution in [2.75, 3.05) is 19.8 Å². The molecule has 0 amide bonds. The molecular formula is C20H24N2O6. The Hall–Kier alpha value is -3.16. The Bertz CT molecular complexity index is 813. The minimum absolute atomic E-state index is 0.0121. The molecule has 2 rings (SSSR count). The lowest BCUT2D eigenvalue weighted by Crippen LogP contribution is -2.36. The average molecular weight is 388 g/mol. The predicted molar refractivity (Wildman–Crippen MR) is 99.7 cm³/mol. The van der Waals surface area contributed by atoms with E-state index in [0.717, 1.165) is 0 Å². The summed E-state index contributed by atoms with van der Waals surface area (Å²) in [6.07, 6.45) is 3.11. The van der Waals surface area contributed by atoms with Crippen LogP contribution < -0.4 is 5.32 Å². The quantitative estimate of drug-likeness (QED) is 0.559. The lowest BCUT2D eigenvalue weighted by molar-refractivity contribution is -0.143. The van der Waals surface area contributed by atoms with Crippen LogP contribution in [0.5, 0.6) is 0 Å². The second kappa shape index (κ2) is 9.68. The summed E-state index contributed by atoms with van der Waals surface area (Å²) >= 11 is 0. The van der Waals surface area contributed by atoms with E-state index < -0.39 is 23.8 Å². The average Bonchev–Trinajstić information content (AvgIpc) is 2.68. The van der Waals surface area contributed by atoms with Gasteiger partial charge in [-0.15, -0.1) is 0 Å². The molecule has 1 aromatic heterocycles. The van der Waals surface area contributed by atoms with Crippen molar-refractivity contribution in [1.29, 1.82) is 0 Å². The number of nitrogens with zero attached hydrogens (tertiary/aromatic N) is 1. The fourth-order valence-electron chi connectivity index (χ4n) is 2.98. The fraction of sp³-hybridized carbons (Fsp3) is 0.400. The van der Waals surface area contributed by atoms with Crippen LogP contribution in [0.1, 0.15) is 39.2 Å². The molecule has 0 saturated heterocycles. The maximum Gasteiger partial charge on any atom is 0.355 e. The van der Waals surface area contributed by atoms with Gasteiger partial charge in [-0.3, -0.25) is 4.98 Å². The molecule has 28 heavy (non-hydrogen) atoms. The van der Waals surface area contributed by atoms with Gasteiger partial charge in [-0.2, -0.15) is 0 Å². The van der Waals surface area contributed by atoms with Crippen molar-refractivity contribution in [2.24, 2.45) is 0 Å². The van der Waals surface area contributed by atoms with Crippen LogP contribution in [0.4, 0.5) is 0 Å². The standard InChI is InChI=1S/C20H24N2O6/c1-5-26-18(23)14-12(4)22-17(20(25)28-7-3)16(19(24)27-6-2)15(14)13-9-8-10-21-11-13/h8-11,15,22H,5-7H2,1-4H3. The molecule has 0 fully saturated rings. The zero-order valence-corrected chi connectivity index (χ0v) is 16.4. The van der Waals surface area contributed by atoms with E-state index in [1.807, 2.05) is 0 Å². The van der Waals surface area contributed by atoms with Crippen molar-refractivity contribution in [3.8, 4) is 0 Å². The monoisotopic (exact) mass is 388 g/mol. The Balaban J connectivity index is 2.72. The molecule has 0 bridgehead atoms. The Kier molecular flexibility index (Phi) is 7.31. The molecule has 8 nitrogen and oxygen atoms in total. The van der Waals surface area contributed by atoms with E-state index in [9.17, 15) is 14.4 Å². The largest absolute Gasteiger partial charge is 0.463 e. The highest BCUT2D eigenvalue weighted by molar-refractivity contribution is 6.06. The van der Waals surface area contributed by atoms with Crippen LogP contribution in [0, 0.1) is 0 Å². The van der Waals surface area contributed by atoms with Crippen molar-refractivity contribution in [3.63, 3.8) is 0 Å². The number of pyridine rings is 1. The van der Waals surface area contributed by atoms with Crippen LogP contribution in [0.2, 0.25) is 0 Å². The Morgan fingerprint density at radius 3 is 2.07 bits per heavy atom. The van der Waals surface area contributed by atoms with Gasteiger partial charge in [-0.05, 0) is 39.3 Å². The maximum absolute atomic E-state index is 12.8. The Labute approximate surface area is 163 Å². The third kappa shape index (κ3) is 4.39. The molecule has 0 radical (unpaired) electrons. The molecule has 0 spiro atoms. The normalized spacial score (nSPS) is 16.4. The number of nitrogens with one attached hydrogen (secondary N) is 1. The number of dihydropyridines is 1. The van der Waals surface area contributed by atoms with Crippen molar-refractivity contribution in [1.82, 2.24) is 10.3 Å². The number of carbonyl (C=O) groups is 3. The van der Waals surface area contributed by atoms with Crippen molar-refractivity contribution in [2.45, 2.75) is 33.6 Å². The molecule has 0 saturated carbocycles. The first-order valence-corrected chi connectivity index (χ1v) is 9.09. The number of hydrogen-bond acceptors (Lipinski definition) is 8. The van der Waals surface area contributed by atoms with Gasteiger partial charge >= 0.3 is 17.9 Å². The highest BCUT2D eigenvalue weighted by Crippen LogP contribution is 2.39. The number of hydrogen-bond donors (Lipinski definition) is 1.